The van der Waals surface area contributed by atoms with Crippen molar-refractivity contribution >= 4 is 60.8 Å². The Labute approximate surface area is 205 Å². The van der Waals surface area contributed by atoms with Crippen LogP contribution in [0.2, 0.25) is 5.02 Å². The fourth-order valence-electron chi connectivity index (χ4n) is 4.11. The first-order valence-corrected chi connectivity index (χ1v) is 13.2. The summed E-state index contributed by atoms with van der Waals surface area (Å²) in [7, 11) is -3.72. The zero-order valence-electron chi connectivity index (χ0n) is 17.9. The molecule has 34 heavy (non-hydrogen) atoms. The van der Waals surface area contributed by atoms with E-state index in [9.17, 15) is 13.2 Å². The highest BCUT2D eigenvalue weighted by Crippen LogP contribution is 2.25. The van der Waals surface area contributed by atoms with E-state index in [4.69, 9.17) is 11.6 Å². The molecule has 0 radical (unpaired) electrons. The molecule has 1 aliphatic rings. The summed E-state index contributed by atoms with van der Waals surface area (Å²) in [6.07, 6.45) is 3.97. The first-order chi connectivity index (χ1) is 16.4. The Bertz CT molecular complexity index is 1420. The maximum Gasteiger partial charge on any atom is 0.263 e. The number of carbonyl (C=O) groups excluding carboxylic acids is 1. The van der Waals surface area contributed by atoms with Gasteiger partial charge in [-0.25, -0.2) is 13.4 Å². The van der Waals surface area contributed by atoms with Gasteiger partial charge in [0.05, 0.1) is 15.4 Å². The van der Waals surface area contributed by atoms with E-state index in [2.05, 4.69) is 24.3 Å². The number of hydrogen-bond donors (Lipinski definition) is 2. The standard InChI is InChI=1S/C22H21ClN6O3S2/c23-19-3-1-2-15-8-10-29(21(15)19)13-20(30)26-16-9-11-28(12-16)17-4-6-18(7-5-17)34(31,32)27-22-24-14-25-33-22/h1-8,10,14,16H,9,11-13H2,(H,26,30)(H,24,25,27). The molecular weight excluding hydrogens is 496 g/mol. The number of nitrogens with zero attached hydrogens (tertiary/aromatic N) is 4. The third kappa shape index (κ3) is 4.72. The summed E-state index contributed by atoms with van der Waals surface area (Å²) in [6.45, 7) is 1.60. The molecule has 12 heteroatoms. The zero-order chi connectivity index (χ0) is 23.7. The second-order valence-corrected chi connectivity index (χ2v) is 10.8. The number of para-hydroxylation sites is 1. The smallest absolute Gasteiger partial charge is 0.263 e. The van der Waals surface area contributed by atoms with Crippen molar-refractivity contribution in [1.29, 1.82) is 0 Å². The minimum atomic E-state index is -3.72. The van der Waals surface area contributed by atoms with E-state index in [0.717, 1.165) is 41.1 Å². The highest BCUT2D eigenvalue weighted by Gasteiger charge is 2.25. The maximum atomic E-state index is 12.7. The molecule has 0 aliphatic carbocycles. The first kappa shape index (κ1) is 22.6. The lowest BCUT2D eigenvalue weighted by Gasteiger charge is -2.19. The molecule has 1 aliphatic heterocycles. The van der Waals surface area contributed by atoms with E-state index in [-0.39, 0.29) is 28.5 Å². The number of aromatic nitrogens is 3. The third-order valence-corrected chi connectivity index (χ3v) is 8.07. The molecule has 1 amide bonds. The number of amides is 1. The van der Waals surface area contributed by atoms with Gasteiger partial charge in [0, 0.05) is 47.9 Å². The summed E-state index contributed by atoms with van der Waals surface area (Å²) in [5.41, 5.74) is 1.75. The van der Waals surface area contributed by atoms with Gasteiger partial charge in [0.15, 0.2) is 0 Å². The van der Waals surface area contributed by atoms with E-state index in [1.54, 1.807) is 24.3 Å². The van der Waals surface area contributed by atoms with Crippen molar-refractivity contribution in [2.75, 3.05) is 22.7 Å². The molecule has 5 rings (SSSR count). The van der Waals surface area contributed by atoms with Gasteiger partial charge >= 0.3 is 0 Å². The SMILES string of the molecule is O=C(Cn1ccc2cccc(Cl)c21)NC1CCN(c2ccc(S(=O)(=O)Nc3ncns3)cc2)C1. The largest absolute Gasteiger partial charge is 0.369 e. The molecule has 176 valence electrons. The number of anilines is 2. The van der Waals surface area contributed by atoms with Gasteiger partial charge in [-0.2, -0.15) is 4.37 Å². The summed E-state index contributed by atoms with van der Waals surface area (Å²) in [5, 5.41) is 4.93. The number of sulfonamides is 1. The average molecular weight is 517 g/mol. The van der Waals surface area contributed by atoms with Gasteiger partial charge in [-0.3, -0.25) is 9.52 Å². The van der Waals surface area contributed by atoms with Gasteiger partial charge in [-0.05, 0) is 42.8 Å². The van der Waals surface area contributed by atoms with Gasteiger partial charge in [0.25, 0.3) is 10.0 Å². The molecule has 2 aromatic carbocycles. The molecule has 0 spiro atoms. The van der Waals surface area contributed by atoms with Crippen molar-refractivity contribution in [3.63, 3.8) is 0 Å². The number of fused-ring (bicyclic) bond motifs is 1. The molecule has 4 aromatic rings. The molecule has 2 aromatic heterocycles. The van der Waals surface area contributed by atoms with Gasteiger partial charge in [0.2, 0.25) is 11.0 Å². The van der Waals surface area contributed by atoms with Crippen molar-refractivity contribution in [1.82, 2.24) is 19.2 Å². The highest BCUT2D eigenvalue weighted by molar-refractivity contribution is 7.93. The summed E-state index contributed by atoms with van der Waals surface area (Å²) in [5.74, 6) is -0.0755. The summed E-state index contributed by atoms with van der Waals surface area (Å²) in [6, 6.07) is 14.3. The van der Waals surface area contributed by atoms with Crippen molar-refractivity contribution in [2.24, 2.45) is 0 Å². The highest BCUT2D eigenvalue weighted by atomic mass is 35.5. The molecule has 9 nitrogen and oxygen atoms in total. The number of rotatable bonds is 7. The molecule has 3 heterocycles. The predicted octanol–water partition coefficient (Wildman–Crippen LogP) is 3.34. The Balaban J connectivity index is 1.19. The van der Waals surface area contributed by atoms with Crippen LogP contribution in [0.3, 0.4) is 0 Å². The van der Waals surface area contributed by atoms with Crippen LogP contribution >= 0.6 is 23.1 Å². The Hall–Kier alpha value is -3.15. The number of nitrogens with one attached hydrogen (secondary N) is 2. The van der Waals surface area contributed by atoms with Crippen molar-refractivity contribution in [3.8, 4) is 0 Å². The van der Waals surface area contributed by atoms with Crippen LogP contribution in [0.25, 0.3) is 10.9 Å². The van der Waals surface area contributed by atoms with Crippen LogP contribution in [0.15, 0.2) is 66.0 Å². The molecule has 1 fully saturated rings. The van der Waals surface area contributed by atoms with Crippen LogP contribution in [-0.2, 0) is 21.4 Å². The molecule has 1 unspecified atom stereocenters. The number of carbonyl (C=O) groups is 1. The van der Waals surface area contributed by atoms with E-state index >= 15 is 0 Å². The Morgan fingerprint density at radius 2 is 2.00 bits per heavy atom. The van der Waals surface area contributed by atoms with Crippen molar-refractivity contribution in [3.05, 3.63) is 66.1 Å². The second-order valence-electron chi connectivity index (χ2n) is 7.97. The Morgan fingerprint density at radius 3 is 2.76 bits per heavy atom. The fourth-order valence-corrected chi connectivity index (χ4v) is 6.07. The average Bonchev–Trinajstić information content (AvgIpc) is 3.56. The molecule has 2 N–H and O–H groups in total. The topological polar surface area (TPSA) is 109 Å². The summed E-state index contributed by atoms with van der Waals surface area (Å²) < 4.78 is 33.0. The van der Waals surface area contributed by atoms with Crippen LogP contribution in [0.1, 0.15) is 6.42 Å². The van der Waals surface area contributed by atoms with Gasteiger partial charge in [-0.1, -0.05) is 23.7 Å². The minimum absolute atomic E-state index is 0.00674. The monoisotopic (exact) mass is 516 g/mol. The predicted molar refractivity (Wildman–Crippen MR) is 133 cm³/mol. The third-order valence-electron chi connectivity index (χ3n) is 5.70. The van der Waals surface area contributed by atoms with Gasteiger partial charge in [-0.15, -0.1) is 0 Å². The molecule has 1 atom stereocenters. The fraction of sp³-hybridized carbons (Fsp3) is 0.227. The van der Waals surface area contributed by atoms with Gasteiger partial charge < -0.3 is 14.8 Å². The van der Waals surface area contributed by atoms with E-state index < -0.39 is 10.0 Å². The molecule has 0 saturated carbocycles. The summed E-state index contributed by atoms with van der Waals surface area (Å²) in [4.78, 5) is 18.8. The Morgan fingerprint density at radius 1 is 1.18 bits per heavy atom. The van der Waals surface area contributed by atoms with Crippen LogP contribution in [-0.4, -0.2) is 47.4 Å². The minimum Gasteiger partial charge on any atom is -0.369 e. The van der Waals surface area contributed by atoms with E-state index in [1.807, 2.05) is 35.0 Å². The number of halogens is 1. The van der Waals surface area contributed by atoms with E-state index in [0.29, 0.717) is 11.6 Å². The first-order valence-electron chi connectivity index (χ1n) is 10.6. The van der Waals surface area contributed by atoms with Crippen LogP contribution in [0.4, 0.5) is 10.8 Å². The van der Waals surface area contributed by atoms with Gasteiger partial charge in [0.1, 0.15) is 12.9 Å². The quantitative estimate of drug-likeness (QED) is 0.390. The van der Waals surface area contributed by atoms with Crippen molar-refractivity contribution < 1.29 is 13.2 Å². The number of benzene rings is 2. The van der Waals surface area contributed by atoms with Crippen LogP contribution in [0, 0.1) is 0 Å². The molecule has 0 bridgehead atoms. The normalized spacial score (nSPS) is 16.1. The Kier molecular flexibility index (Phi) is 6.15. The maximum absolute atomic E-state index is 12.7. The molecule has 1 saturated heterocycles. The lowest BCUT2D eigenvalue weighted by atomic mass is 10.2. The number of hydrogen-bond acceptors (Lipinski definition) is 7. The zero-order valence-corrected chi connectivity index (χ0v) is 20.3. The summed E-state index contributed by atoms with van der Waals surface area (Å²) >= 11 is 7.29. The van der Waals surface area contributed by atoms with Crippen LogP contribution in [0.5, 0.6) is 0 Å². The second kappa shape index (κ2) is 9.24. The van der Waals surface area contributed by atoms with Crippen LogP contribution < -0.4 is 14.9 Å². The lowest BCUT2D eigenvalue weighted by Crippen LogP contribution is -2.38. The lowest BCUT2D eigenvalue weighted by molar-refractivity contribution is -0.122. The van der Waals surface area contributed by atoms with E-state index in [1.165, 1.54) is 6.33 Å². The van der Waals surface area contributed by atoms with Crippen molar-refractivity contribution in [2.45, 2.75) is 23.9 Å². The molecular formula is C22H21ClN6O3S2.